The lowest BCUT2D eigenvalue weighted by Gasteiger charge is -2.25. The van der Waals surface area contributed by atoms with Crippen molar-refractivity contribution in [2.45, 2.75) is 73.3 Å². The molecule has 0 spiro atoms. The average molecular weight is 296 g/mol. The Morgan fingerprint density at radius 2 is 1.90 bits per heavy atom. The van der Waals surface area contributed by atoms with Crippen LogP contribution in [0.15, 0.2) is 16.8 Å². The van der Waals surface area contributed by atoms with Crippen LogP contribution in [-0.4, -0.2) is 35.9 Å². The second-order valence-corrected chi connectivity index (χ2v) is 4.49. The number of hydrogen-bond donors (Lipinski definition) is 0. The van der Waals surface area contributed by atoms with Crippen molar-refractivity contribution in [2.24, 2.45) is 4.99 Å². The first-order chi connectivity index (χ1) is 10.1. The lowest BCUT2D eigenvalue weighted by Crippen LogP contribution is -2.40. The second-order valence-electron chi connectivity index (χ2n) is 4.49. The Morgan fingerprint density at radius 3 is 2.33 bits per heavy atom. The molecule has 0 radical (unpaired) electrons. The zero-order chi connectivity index (χ0) is 16.7. The largest absolute Gasteiger partial charge is 0.333 e. The molecule has 0 fully saturated rings. The fraction of sp³-hybridized carbons (Fsp3) is 0.706. The van der Waals surface area contributed by atoms with Gasteiger partial charge in [0.15, 0.2) is 0 Å². The molecule has 4 heteroatoms. The van der Waals surface area contributed by atoms with Crippen molar-refractivity contribution in [3.63, 3.8) is 0 Å². The molecule has 0 heterocycles. The summed E-state index contributed by atoms with van der Waals surface area (Å²) in [7, 11) is 0. The Bertz CT molecular complexity index is 336. The van der Waals surface area contributed by atoms with Gasteiger partial charge >= 0.3 is 0 Å². The molecule has 1 atom stereocenters. The summed E-state index contributed by atoms with van der Waals surface area (Å²) < 4.78 is 0. The Morgan fingerprint density at radius 1 is 1.29 bits per heavy atom. The van der Waals surface area contributed by atoms with Crippen LogP contribution >= 0.6 is 0 Å². The van der Waals surface area contributed by atoms with Crippen LogP contribution in [0.3, 0.4) is 0 Å². The molecule has 0 aliphatic carbocycles. The minimum atomic E-state index is -0.368. The first kappa shape index (κ1) is 21.8. The molecule has 0 aromatic heterocycles. The second kappa shape index (κ2) is 14.9. The van der Waals surface area contributed by atoms with E-state index in [4.69, 9.17) is 0 Å². The number of carbonyl (C=O) groups is 2. The molecule has 0 N–H and O–H groups in total. The van der Waals surface area contributed by atoms with Crippen molar-refractivity contribution in [3.05, 3.63) is 11.8 Å². The van der Waals surface area contributed by atoms with Gasteiger partial charge in [-0.15, -0.1) is 0 Å². The fourth-order valence-electron chi connectivity index (χ4n) is 1.79. The van der Waals surface area contributed by atoms with Crippen molar-refractivity contribution in [1.29, 1.82) is 0 Å². The number of aldehydes is 1. The number of allylic oxidation sites excluding steroid dienone is 1. The van der Waals surface area contributed by atoms with E-state index in [2.05, 4.69) is 11.9 Å². The van der Waals surface area contributed by atoms with Crippen LogP contribution in [0, 0.1) is 0 Å². The molecule has 0 saturated heterocycles. The summed E-state index contributed by atoms with van der Waals surface area (Å²) in [6, 6.07) is -0.368. The lowest BCUT2D eigenvalue weighted by atomic mass is 10.2. The molecule has 122 valence electrons. The van der Waals surface area contributed by atoms with Gasteiger partial charge in [0, 0.05) is 18.5 Å². The first-order valence-electron chi connectivity index (χ1n) is 8.03. The van der Waals surface area contributed by atoms with Gasteiger partial charge in [-0.05, 0) is 26.7 Å². The minimum absolute atomic E-state index is 0.0293. The summed E-state index contributed by atoms with van der Waals surface area (Å²) in [5.41, 5.74) is 0.773. The van der Waals surface area contributed by atoms with Crippen LogP contribution in [0.4, 0.5) is 0 Å². The van der Waals surface area contributed by atoms with Gasteiger partial charge in [-0.2, -0.15) is 0 Å². The van der Waals surface area contributed by atoms with Gasteiger partial charge < -0.3 is 9.69 Å². The van der Waals surface area contributed by atoms with Crippen molar-refractivity contribution < 1.29 is 9.59 Å². The van der Waals surface area contributed by atoms with Crippen LogP contribution in [0.5, 0.6) is 0 Å². The maximum Gasteiger partial charge on any atom is 0.229 e. The van der Waals surface area contributed by atoms with Crippen molar-refractivity contribution in [2.75, 3.05) is 6.54 Å². The highest BCUT2D eigenvalue weighted by molar-refractivity contribution is 5.82. The molecule has 0 saturated carbocycles. The zero-order valence-electron chi connectivity index (χ0n) is 14.6. The molecule has 0 bridgehead atoms. The van der Waals surface area contributed by atoms with E-state index in [1.165, 1.54) is 0 Å². The van der Waals surface area contributed by atoms with Crippen LogP contribution < -0.4 is 0 Å². The Hall–Kier alpha value is -1.45. The lowest BCUT2D eigenvalue weighted by molar-refractivity contribution is -0.135. The topological polar surface area (TPSA) is 49.7 Å². The Kier molecular flexibility index (Phi) is 15.5. The summed E-state index contributed by atoms with van der Waals surface area (Å²) in [6.45, 7) is 12.3. The van der Waals surface area contributed by atoms with Gasteiger partial charge in [-0.3, -0.25) is 9.79 Å². The maximum absolute atomic E-state index is 12.3. The molecule has 0 rings (SSSR count). The van der Waals surface area contributed by atoms with E-state index in [0.29, 0.717) is 6.54 Å². The predicted octanol–water partition coefficient (Wildman–Crippen LogP) is 4.00. The number of nitrogens with zero attached hydrogens (tertiary/aromatic N) is 2. The highest BCUT2D eigenvalue weighted by Gasteiger charge is 2.19. The van der Waals surface area contributed by atoms with Gasteiger partial charge in [-0.25, -0.2) is 0 Å². The minimum Gasteiger partial charge on any atom is -0.333 e. The highest BCUT2D eigenvalue weighted by atomic mass is 16.2. The quantitative estimate of drug-likeness (QED) is 0.477. The summed E-state index contributed by atoms with van der Waals surface area (Å²) >= 11 is 0. The van der Waals surface area contributed by atoms with Gasteiger partial charge in [-0.1, -0.05) is 40.2 Å². The first-order valence-corrected chi connectivity index (χ1v) is 8.03. The van der Waals surface area contributed by atoms with E-state index in [0.717, 1.165) is 31.2 Å². The van der Waals surface area contributed by atoms with E-state index in [-0.39, 0.29) is 18.4 Å². The Balaban J connectivity index is 0. The number of amides is 1. The van der Waals surface area contributed by atoms with Crippen molar-refractivity contribution in [1.82, 2.24) is 4.90 Å². The monoisotopic (exact) mass is 296 g/mol. The standard InChI is InChI=1S/C15H26N2O2.C2H6/c1-5-8-10-17(13(4)12-18)15(19)11-14(9-6-2)16-7-3;1-2/h7,9,12-13H,5-6,8,10-11H2,1-4H3;1-2H3/b14-9-,16-7?;/t13-;/m0./s1. The van der Waals surface area contributed by atoms with E-state index >= 15 is 0 Å². The molecule has 0 aromatic carbocycles. The zero-order valence-corrected chi connectivity index (χ0v) is 14.6. The van der Waals surface area contributed by atoms with E-state index in [9.17, 15) is 9.59 Å². The third kappa shape index (κ3) is 9.99. The van der Waals surface area contributed by atoms with Crippen molar-refractivity contribution in [3.8, 4) is 0 Å². The molecule has 0 aliphatic heterocycles. The van der Waals surface area contributed by atoms with Crippen molar-refractivity contribution >= 4 is 18.4 Å². The van der Waals surface area contributed by atoms with E-state index in [1.54, 1.807) is 18.0 Å². The third-order valence-electron chi connectivity index (χ3n) is 2.83. The number of rotatable bonds is 9. The Labute approximate surface area is 130 Å². The van der Waals surface area contributed by atoms with Gasteiger partial charge in [0.25, 0.3) is 0 Å². The maximum atomic E-state index is 12.3. The summed E-state index contributed by atoms with van der Waals surface area (Å²) in [6.07, 6.45) is 7.47. The van der Waals surface area contributed by atoms with Crippen LogP contribution in [0.1, 0.15) is 67.2 Å². The van der Waals surface area contributed by atoms with Gasteiger partial charge in [0.05, 0.1) is 12.5 Å². The number of aliphatic imine (C=N–C) groups is 1. The number of carbonyl (C=O) groups excluding carboxylic acids is 2. The number of unbranched alkanes of at least 4 members (excludes halogenated alkanes) is 1. The van der Waals surface area contributed by atoms with E-state index in [1.807, 2.05) is 33.8 Å². The molecule has 0 aliphatic rings. The molecule has 21 heavy (non-hydrogen) atoms. The number of hydrogen-bond acceptors (Lipinski definition) is 3. The summed E-state index contributed by atoms with van der Waals surface area (Å²) in [5, 5.41) is 0. The van der Waals surface area contributed by atoms with Crippen LogP contribution in [0.25, 0.3) is 0 Å². The predicted molar refractivity (Wildman–Crippen MR) is 90.7 cm³/mol. The highest BCUT2D eigenvalue weighted by Crippen LogP contribution is 2.11. The molecule has 1 amide bonds. The molecule has 4 nitrogen and oxygen atoms in total. The van der Waals surface area contributed by atoms with Crippen LogP contribution in [-0.2, 0) is 9.59 Å². The SMILES string of the molecule is CC.CC=N/C(=C\CC)CC(=O)N(CCCC)[C@@H](C)C=O. The molecule has 0 aromatic rings. The smallest absolute Gasteiger partial charge is 0.229 e. The third-order valence-corrected chi connectivity index (χ3v) is 2.83. The summed E-state index contributed by atoms with van der Waals surface area (Å²) in [4.78, 5) is 29.0. The average Bonchev–Trinajstić information content (AvgIpc) is 2.49. The fourth-order valence-corrected chi connectivity index (χ4v) is 1.79. The normalized spacial score (nSPS) is 12.6. The van der Waals surface area contributed by atoms with E-state index < -0.39 is 0 Å². The van der Waals surface area contributed by atoms with Gasteiger partial charge in [0.1, 0.15) is 6.29 Å². The summed E-state index contributed by atoms with van der Waals surface area (Å²) in [5.74, 6) is -0.0293. The molecular weight excluding hydrogens is 264 g/mol. The molecule has 0 unspecified atom stereocenters. The molecular formula is C17H32N2O2. The van der Waals surface area contributed by atoms with Gasteiger partial charge in [0.2, 0.25) is 5.91 Å². The van der Waals surface area contributed by atoms with Crippen LogP contribution in [0.2, 0.25) is 0 Å².